The summed E-state index contributed by atoms with van der Waals surface area (Å²) in [6.07, 6.45) is 1.91. The highest BCUT2D eigenvalue weighted by molar-refractivity contribution is 7.98. The zero-order valence-electron chi connectivity index (χ0n) is 11.7. The molecule has 1 N–H and O–H groups in total. The van der Waals surface area contributed by atoms with E-state index in [1.54, 1.807) is 30.1 Å². The van der Waals surface area contributed by atoms with Gasteiger partial charge in [-0.1, -0.05) is 23.9 Å². The van der Waals surface area contributed by atoms with E-state index in [4.69, 9.17) is 0 Å². The number of halogens is 1. The first-order valence-corrected chi connectivity index (χ1v) is 7.53. The van der Waals surface area contributed by atoms with Crippen LogP contribution in [-0.2, 0) is 0 Å². The van der Waals surface area contributed by atoms with Crippen LogP contribution >= 0.6 is 11.8 Å². The lowest BCUT2D eigenvalue weighted by Crippen LogP contribution is -2.14. The van der Waals surface area contributed by atoms with Gasteiger partial charge in [-0.2, -0.15) is 0 Å². The zero-order valence-corrected chi connectivity index (χ0v) is 12.5. The number of benzene rings is 1. The molecule has 0 fully saturated rings. The molecule has 1 aromatic carbocycles. The maximum absolute atomic E-state index is 13.9. The third-order valence-corrected chi connectivity index (χ3v) is 3.34. The first-order valence-electron chi connectivity index (χ1n) is 6.31. The number of aromatic nitrogens is 2. The minimum Gasteiger partial charge on any atom is -0.370 e. The van der Waals surface area contributed by atoms with Crippen molar-refractivity contribution in [1.82, 2.24) is 9.97 Å². The van der Waals surface area contributed by atoms with E-state index < -0.39 is 0 Å². The lowest BCUT2D eigenvalue weighted by molar-refractivity contribution is 0.627. The van der Waals surface area contributed by atoms with Gasteiger partial charge in [0.05, 0.1) is 5.69 Å². The summed E-state index contributed by atoms with van der Waals surface area (Å²) in [5.74, 6) is 1.12. The van der Waals surface area contributed by atoms with E-state index in [0.717, 1.165) is 12.4 Å². The van der Waals surface area contributed by atoms with Gasteiger partial charge in [0.15, 0.2) is 5.16 Å². The quantitative estimate of drug-likeness (QED) is 0.674. The summed E-state index contributed by atoms with van der Waals surface area (Å²) < 4.78 is 13.9. The SMILES string of the molecule is CCNc1cc(N(C)c2ccccc2F)nc(SC)n1. The maximum Gasteiger partial charge on any atom is 0.191 e. The van der Waals surface area contributed by atoms with Crippen LogP contribution in [-0.4, -0.2) is 29.8 Å². The number of anilines is 3. The third-order valence-electron chi connectivity index (χ3n) is 2.79. The summed E-state index contributed by atoms with van der Waals surface area (Å²) in [5.41, 5.74) is 0.487. The van der Waals surface area contributed by atoms with Crippen molar-refractivity contribution < 1.29 is 4.39 Å². The van der Waals surface area contributed by atoms with Gasteiger partial charge in [0.25, 0.3) is 0 Å². The van der Waals surface area contributed by atoms with Gasteiger partial charge in [0.2, 0.25) is 0 Å². The van der Waals surface area contributed by atoms with Crippen LogP contribution < -0.4 is 10.2 Å². The molecule has 0 bridgehead atoms. The Kier molecular flexibility index (Phi) is 4.79. The van der Waals surface area contributed by atoms with Crippen molar-refractivity contribution in [2.75, 3.05) is 30.1 Å². The fourth-order valence-corrected chi connectivity index (χ4v) is 2.17. The van der Waals surface area contributed by atoms with Crippen LogP contribution in [0.5, 0.6) is 0 Å². The van der Waals surface area contributed by atoms with E-state index in [9.17, 15) is 4.39 Å². The molecule has 1 aromatic heterocycles. The third kappa shape index (κ3) is 3.19. The Hall–Kier alpha value is -1.82. The number of nitrogens with zero attached hydrogens (tertiary/aromatic N) is 3. The summed E-state index contributed by atoms with van der Waals surface area (Å²) >= 11 is 1.46. The van der Waals surface area contributed by atoms with Crippen LogP contribution in [0.4, 0.5) is 21.7 Å². The molecular formula is C14H17FN4S. The second-order valence-corrected chi connectivity index (χ2v) is 4.91. The molecule has 0 saturated heterocycles. The Morgan fingerprint density at radius 2 is 2.05 bits per heavy atom. The van der Waals surface area contributed by atoms with Crippen LogP contribution in [0.1, 0.15) is 6.92 Å². The largest absolute Gasteiger partial charge is 0.370 e. The Morgan fingerprint density at radius 1 is 1.30 bits per heavy atom. The molecule has 0 spiro atoms. The topological polar surface area (TPSA) is 41.0 Å². The van der Waals surface area contributed by atoms with Crippen molar-refractivity contribution in [2.45, 2.75) is 12.1 Å². The van der Waals surface area contributed by atoms with Crippen LogP contribution in [0.15, 0.2) is 35.5 Å². The van der Waals surface area contributed by atoms with Crippen molar-refractivity contribution >= 4 is 29.1 Å². The number of para-hydroxylation sites is 1. The monoisotopic (exact) mass is 292 g/mol. The van der Waals surface area contributed by atoms with Crippen LogP contribution in [0.25, 0.3) is 0 Å². The molecule has 1 heterocycles. The average molecular weight is 292 g/mol. The second kappa shape index (κ2) is 6.56. The minimum atomic E-state index is -0.274. The van der Waals surface area contributed by atoms with Crippen molar-refractivity contribution in [1.29, 1.82) is 0 Å². The van der Waals surface area contributed by atoms with Gasteiger partial charge >= 0.3 is 0 Å². The first-order chi connectivity index (χ1) is 9.65. The fraction of sp³-hybridized carbons (Fsp3) is 0.286. The van der Waals surface area contributed by atoms with Gasteiger partial charge in [-0.05, 0) is 25.3 Å². The molecule has 6 heteroatoms. The number of thioether (sulfide) groups is 1. The standard InChI is InChI=1S/C14H17FN4S/c1-4-16-12-9-13(18-14(17-12)20-3)19(2)11-8-6-5-7-10(11)15/h5-9H,4H2,1-3H3,(H,16,17,18). The average Bonchev–Trinajstić information content (AvgIpc) is 2.47. The van der Waals surface area contributed by atoms with Crippen molar-refractivity contribution in [3.05, 3.63) is 36.1 Å². The summed E-state index contributed by atoms with van der Waals surface area (Å²) in [4.78, 5) is 10.5. The van der Waals surface area contributed by atoms with E-state index in [1.807, 2.05) is 19.2 Å². The normalized spacial score (nSPS) is 10.4. The van der Waals surface area contributed by atoms with Gasteiger partial charge in [0.1, 0.15) is 17.5 Å². The Labute approximate surface area is 122 Å². The predicted octanol–water partition coefficient (Wildman–Crippen LogP) is 3.54. The van der Waals surface area contributed by atoms with E-state index in [0.29, 0.717) is 16.7 Å². The molecule has 2 aromatic rings. The smallest absolute Gasteiger partial charge is 0.191 e. The van der Waals surface area contributed by atoms with Crippen LogP contribution in [0, 0.1) is 5.82 Å². The molecule has 0 aliphatic heterocycles. The minimum absolute atomic E-state index is 0.274. The molecule has 4 nitrogen and oxygen atoms in total. The summed E-state index contributed by atoms with van der Waals surface area (Å²) in [7, 11) is 1.79. The molecule has 0 aliphatic carbocycles. The Morgan fingerprint density at radius 3 is 2.70 bits per heavy atom. The molecular weight excluding hydrogens is 275 g/mol. The van der Waals surface area contributed by atoms with E-state index in [-0.39, 0.29) is 5.82 Å². The summed E-state index contributed by atoms with van der Waals surface area (Å²) in [6.45, 7) is 2.77. The molecule has 20 heavy (non-hydrogen) atoms. The molecule has 0 radical (unpaired) electrons. The zero-order chi connectivity index (χ0) is 14.5. The van der Waals surface area contributed by atoms with Gasteiger partial charge in [-0.15, -0.1) is 0 Å². The number of nitrogens with one attached hydrogen (secondary N) is 1. The van der Waals surface area contributed by atoms with Crippen molar-refractivity contribution in [3.8, 4) is 0 Å². The number of hydrogen-bond donors (Lipinski definition) is 1. The second-order valence-electron chi connectivity index (χ2n) is 4.14. The molecule has 2 rings (SSSR count). The van der Waals surface area contributed by atoms with Gasteiger partial charge in [-0.3, -0.25) is 0 Å². The lowest BCUT2D eigenvalue weighted by Gasteiger charge is -2.20. The Balaban J connectivity index is 2.40. The first kappa shape index (κ1) is 14.6. The maximum atomic E-state index is 13.9. The molecule has 0 atom stereocenters. The van der Waals surface area contributed by atoms with Gasteiger partial charge in [-0.25, -0.2) is 14.4 Å². The number of hydrogen-bond acceptors (Lipinski definition) is 5. The highest BCUT2D eigenvalue weighted by atomic mass is 32.2. The summed E-state index contributed by atoms with van der Waals surface area (Å²) in [5, 5.41) is 3.81. The van der Waals surface area contributed by atoms with Crippen LogP contribution in [0.3, 0.4) is 0 Å². The highest BCUT2D eigenvalue weighted by Crippen LogP contribution is 2.27. The molecule has 0 amide bonds. The lowest BCUT2D eigenvalue weighted by atomic mass is 10.3. The summed E-state index contributed by atoms with van der Waals surface area (Å²) in [6, 6.07) is 8.45. The highest BCUT2D eigenvalue weighted by Gasteiger charge is 2.12. The molecule has 0 unspecified atom stereocenters. The molecule has 106 valence electrons. The fourth-order valence-electron chi connectivity index (χ4n) is 1.79. The van der Waals surface area contributed by atoms with E-state index in [1.165, 1.54) is 17.8 Å². The predicted molar refractivity (Wildman–Crippen MR) is 82.4 cm³/mol. The van der Waals surface area contributed by atoms with Crippen molar-refractivity contribution in [3.63, 3.8) is 0 Å². The van der Waals surface area contributed by atoms with Gasteiger partial charge < -0.3 is 10.2 Å². The van der Waals surface area contributed by atoms with Crippen molar-refractivity contribution in [2.24, 2.45) is 0 Å². The van der Waals surface area contributed by atoms with Crippen LogP contribution in [0.2, 0.25) is 0 Å². The molecule has 0 saturated carbocycles. The van der Waals surface area contributed by atoms with E-state index in [2.05, 4.69) is 15.3 Å². The Bertz CT molecular complexity index is 591. The van der Waals surface area contributed by atoms with E-state index >= 15 is 0 Å². The number of rotatable bonds is 5. The molecule has 0 aliphatic rings. The van der Waals surface area contributed by atoms with Gasteiger partial charge in [0, 0.05) is 19.7 Å².